The molecule has 196 valence electrons. The first-order valence-corrected chi connectivity index (χ1v) is 14.3. The summed E-state index contributed by atoms with van der Waals surface area (Å²) in [7, 11) is 0. The summed E-state index contributed by atoms with van der Waals surface area (Å²) in [5.74, 6) is -0.0623. The summed E-state index contributed by atoms with van der Waals surface area (Å²) in [6, 6.07) is 33.9. The van der Waals surface area contributed by atoms with E-state index in [1.165, 1.54) is 33.6 Å². The Morgan fingerprint density at radius 3 is 2.08 bits per heavy atom. The number of hydrogen-bond donors (Lipinski definition) is 2. The molecule has 0 radical (unpaired) electrons. The smallest absolute Gasteiger partial charge is 0.256 e. The van der Waals surface area contributed by atoms with Gasteiger partial charge in [0.1, 0.15) is 0 Å². The molecular weight excluding hydrogens is 514 g/mol. The molecule has 1 atom stereocenters. The van der Waals surface area contributed by atoms with Crippen molar-refractivity contribution < 1.29 is 9.59 Å². The highest BCUT2D eigenvalue weighted by Crippen LogP contribution is 2.61. The number of thiazole rings is 1. The molecule has 0 saturated heterocycles. The van der Waals surface area contributed by atoms with Gasteiger partial charge >= 0.3 is 0 Å². The van der Waals surface area contributed by atoms with E-state index in [4.69, 9.17) is 4.98 Å². The van der Waals surface area contributed by atoms with Crippen molar-refractivity contribution in [2.24, 2.45) is 5.41 Å². The Labute approximate surface area is 236 Å². The average molecular weight is 542 g/mol. The Kier molecular flexibility index (Phi) is 5.86. The monoisotopic (exact) mass is 541 g/mol. The first kappa shape index (κ1) is 24.5. The first-order chi connectivity index (χ1) is 19.5. The Bertz CT molecular complexity index is 1710. The summed E-state index contributed by atoms with van der Waals surface area (Å²) in [5.41, 5.74) is 7.17. The van der Waals surface area contributed by atoms with Crippen molar-refractivity contribution in [2.45, 2.75) is 25.2 Å². The fourth-order valence-electron chi connectivity index (χ4n) is 6.51. The van der Waals surface area contributed by atoms with E-state index in [0.29, 0.717) is 16.4 Å². The highest BCUT2D eigenvalue weighted by molar-refractivity contribution is 7.14. The van der Waals surface area contributed by atoms with Gasteiger partial charge in [-0.1, -0.05) is 84.9 Å². The number of benzene rings is 4. The van der Waals surface area contributed by atoms with E-state index in [1.807, 2.05) is 53.9 Å². The normalized spacial score (nSPS) is 20.3. The van der Waals surface area contributed by atoms with Gasteiger partial charge in [-0.05, 0) is 53.8 Å². The Morgan fingerprint density at radius 2 is 1.38 bits per heavy atom. The van der Waals surface area contributed by atoms with Crippen LogP contribution in [0.2, 0.25) is 0 Å². The Hall–Kier alpha value is -4.55. The number of aromatic nitrogens is 1. The van der Waals surface area contributed by atoms with Crippen LogP contribution in [0.1, 0.15) is 57.8 Å². The minimum atomic E-state index is -0.618. The van der Waals surface area contributed by atoms with Crippen LogP contribution in [0.4, 0.5) is 10.8 Å². The van der Waals surface area contributed by atoms with Crippen LogP contribution in [0.5, 0.6) is 0 Å². The van der Waals surface area contributed by atoms with Gasteiger partial charge in [-0.15, -0.1) is 11.3 Å². The fraction of sp³-hybridized carbons (Fsp3) is 0.147. The number of para-hydroxylation sites is 1. The number of anilines is 2. The van der Waals surface area contributed by atoms with Crippen LogP contribution in [-0.2, 0) is 4.79 Å². The third-order valence-corrected chi connectivity index (χ3v) is 9.11. The molecule has 1 unspecified atom stereocenters. The van der Waals surface area contributed by atoms with E-state index >= 15 is 0 Å². The van der Waals surface area contributed by atoms with Crippen molar-refractivity contribution in [3.8, 4) is 11.3 Å². The molecule has 0 spiro atoms. The molecule has 1 heterocycles. The average Bonchev–Trinajstić information content (AvgIpc) is 3.46. The predicted octanol–water partition coefficient (Wildman–Crippen LogP) is 7.69. The van der Waals surface area contributed by atoms with Gasteiger partial charge in [0, 0.05) is 34.0 Å². The van der Waals surface area contributed by atoms with Crippen LogP contribution in [0.15, 0.2) is 109 Å². The standard InChI is InChI=1S/C34H27N3O2S/c1-34(19-28-22-13-5-8-16-25(22)30(34)26-17-9-6-14-23(26)28)32(39)37-33-36-29(20-40-33)24-15-7-10-18-27(24)31(38)35-21-11-3-2-4-12-21/h2-18,20,28,30H,19H2,1H3,(H,35,38)(H,36,37,39). The zero-order chi connectivity index (χ0) is 27.3. The van der Waals surface area contributed by atoms with Crippen LogP contribution < -0.4 is 10.6 Å². The molecule has 6 heteroatoms. The summed E-state index contributed by atoms with van der Waals surface area (Å²) in [4.78, 5) is 31.9. The largest absolute Gasteiger partial charge is 0.322 e. The molecule has 4 aromatic carbocycles. The minimum absolute atomic E-state index is 0.0215. The van der Waals surface area contributed by atoms with Crippen LogP contribution in [0, 0.1) is 5.41 Å². The lowest BCUT2D eigenvalue weighted by Crippen LogP contribution is -2.47. The van der Waals surface area contributed by atoms with E-state index in [-0.39, 0.29) is 23.7 Å². The SMILES string of the molecule is CC1(C(=O)Nc2nc(-c3ccccc3C(=O)Nc3ccccc3)cs2)CC2c3ccccc3C1c1ccccc12. The molecule has 5 nitrogen and oxygen atoms in total. The van der Waals surface area contributed by atoms with Crippen LogP contribution >= 0.6 is 11.3 Å². The maximum absolute atomic E-state index is 14.0. The second-order valence-electron chi connectivity index (χ2n) is 10.7. The quantitative estimate of drug-likeness (QED) is 0.240. The third-order valence-electron chi connectivity index (χ3n) is 8.35. The molecule has 0 aliphatic heterocycles. The zero-order valence-electron chi connectivity index (χ0n) is 21.9. The summed E-state index contributed by atoms with van der Waals surface area (Å²) in [6.07, 6.45) is 0.748. The van der Waals surface area contributed by atoms with Crippen molar-refractivity contribution in [1.29, 1.82) is 0 Å². The van der Waals surface area contributed by atoms with Gasteiger partial charge in [0.25, 0.3) is 5.91 Å². The van der Waals surface area contributed by atoms with Gasteiger partial charge in [0.05, 0.1) is 11.1 Å². The van der Waals surface area contributed by atoms with Crippen LogP contribution in [0.25, 0.3) is 11.3 Å². The van der Waals surface area contributed by atoms with Crippen LogP contribution in [0.3, 0.4) is 0 Å². The number of nitrogens with one attached hydrogen (secondary N) is 2. The zero-order valence-corrected chi connectivity index (χ0v) is 22.7. The molecule has 2 bridgehead atoms. The summed E-state index contributed by atoms with van der Waals surface area (Å²) in [6.45, 7) is 2.09. The molecule has 8 rings (SSSR count). The number of carbonyl (C=O) groups excluding carboxylic acids is 2. The highest BCUT2D eigenvalue weighted by Gasteiger charge is 2.54. The topological polar surface area (TPSA) is 71.1 Å². The number of nitrogens with zero attached hydrogens (tertiary/aromatic N) is 1. The summed E-state index contributed by atoms with van der Waals surface area (Å²) < 4.78 is 0. The van der Waals surface area contributed by atoms with Crippen LogP contribution in [-0.4, -0.2) is 16.8 Å². The Morgan fingerprint density at radius 1 is 0.775 bits per heavy atom. The second-order valence-corrected chi connectivity index (χ2v) is 11.6. The van der Waals surface area contributed by atoms with E-state index in [0.717, 1.165) is 17.7 Å². The van der Waals surface area contributed by atoms with Gasteiger partial charge in [0.15, 0.2) is 5.13 Å². The molecule has 2 amide bonds. The predicted molar refractivity (Wildman–Crippen MR) is 160 cm³/mol. The third kappa shape index (κ3) is 3.95. The number of carbonyl (C=O) groups is 2. The summed E-state index contributed by atoms with van der Waals surface area (Å²) in [5, 5.41) is 8.52. The molecule has 0 fully saturated rings. The van der Waals surface area contributed by atoms with Crippen molar-refractivity contribution in [2.75, 3.05) is 10.6 Å². The Balaban J connectivity index is 1.17. The maximum Gasteiger partial charge on any atom is 0.256 e. The van der Waals surface area contributed by atoms with Gasteiger partial charge in [-0.3, -0.25) is 9.59 Å². The second kappa shape index (κ2) is 9.57. The van der Waals surface area contributed by atoms with E-state index in [2.05, 4.69) is 66.1 Å². The molecule has 0 saturated carbocycles. The molecule has 40 heavy (non-hydrogen) atoms. The van der Waals surface area contributed by atoms with Gasteiger partial charge in [0.2, 0.25) is 5.91 Å². The molecular formula is C34H27N3O2S. The van der Waals surface area contributed by atoms with Crippen molar-refractivity contribution in [1.82, 2.24) is 4.98 Å². The molecule has 1 aromatic heterocycles. The molecule has 3 aliphatic carbocycles. The number of fused-ring (bicyclic) bond motifs is 1. The number of amides is 2. The fourth-order valence-corrected chi connectivity index (χ4v) is 7.21. The minimum Gasteiger partial charge on any atom is -0.322 e. The highest BCUT2D eigenvalue weighted by atomic mass is 32.1. The van der Waals surface area contributed by atoms with Gasteiger partial charge in [-0.25, -0.2) is 4.98 Å². The lowest BCUT2D eigenvalue weighted by Gasteiger charge is -2.50. The lowest BCUT2D eigenvalue weighted by molar-refractivity contribution is -0.126. The van der Waals surface area contributed by atoms with Crippen molar-refractivity contribution in [3.63, 3.8) is 0 Å². The molecule has 2 N–H and O–H groups in total. The van der Waals surface area contributed by atoms with Crippen molar-refractivity contribution >= 4 is 34.0 Å². The molecule has 3 aliphatic rings. The number of rotatable bonds is 5. The first-order valence-electron chi connectivity index (χ1n) is 13.4. The van der Waals surface area contributed by atoms with Gasteiger partial charge in [-0.2, -0.15) is 0 Å². The summed E-state index contributed by atoms with van der Waals surface area (Å²) >= 11 is 1.38. The van der Waals surface area contributed by atoms with Crippen molar-refractivity contribution in [3.05, 3.63) is 136 Å². The van der Waals surface area contributed by atoms with E-state index < -0.39 is 5.41 Å². The number of hydrogen-bond acceptors (Lipinski definition) is 4. The molecule has 5 aromatic rings. The van der Waals surface area contributed by atoms with E-state index in [9.17, 15) is 9.59 Å². The van der Waals surface area contributed by atoms with E-state index in [1.54, 1.807) is 6.07 Å². The van der Waals surface area contributed by atoms with Gasteiger partial charge < -0.3 is 10.6 Å². The lowest BCUT2D eigenvalue weighted by atomic mass is 9.52. The maximum atomic E-state index is 14.0.